The molecule has 0 radical (unpaired) electrons. The smallest absolute Gasteiger partial charge is 0.159 e. The molecule has 0 saturated heterocycles. The first-order valence-electron chi connectivity index (χ1n) is 21.3. The molecule has 1 aliphatic rings. The molecule has 0 spiro atoms. The van der Waals surface area contributed by atoms with Gasteiger partial charge in [0, 0.05) is 27.2 Å². The zero-order valence-corrected chi connectivity index (χ0v) is 33.6. The molecule has 0 bridgehead atoms. The van der Waals surface area contributed by atoms with Crippen LogP contribution in [0.2, 0.25) is 0 Å². The summed E-state index contributed by atoms with van der Waals surface area (Å²) in [6.45, 7) is 0. The fourth-order valence-electron chi connectivity index (χ4n) is 10.6. The van der Waals surface area contributed by atoms with Gasteiger partial charge in [-0.2, -0.15) is 0 Å². The van der Waals surface area contributed by atoms with Crippen LogP contribution in [-0.4, -0.2) is 0 Å². The van der Waals surface area contributed by atoms with Gasteiger partial charge in [0.1, 0.15) is 16.7 Å². The summed E-state index contributed by atoms with van der Waals surface area (Å²) >= 11 is 0. The minimum absolute atomic E-state index is 0.551. The molecule has 1 aliphatic carbocycles. The molecule has 0 N–H and O–H groups in total. The maximum Gasteiger partial charge on any atom is 0.159 e. The highest BCUT2D eigenvalue weighted by Crippen LogP contribution is 2.59. The van der Waals surface area contributed by atoms with Gasteiger partial charge in [-0.15, -0.1) is 0 Å². The van der Waals surface area contributed by atoms with Crippen LogP contribution in [-0.2, 0) is 5.41 Å². The van der Waals surface area contributed by atoms with E-state index in [1.807, 2.05) is 6.07 Å². The second-order valence-electron chi connectivity index (χ2n) is 16.3. The zero-order chi connectivity index (χ0) is 40.8. The van der Waals surface area contributed by atoms with Crippen molar-refractivity contribution in [1.29, 1.82) is 0 Å². The van der Waals surface area contributed by atoms with Crippen LogP contribution in [0.15, 0.2) is 233 Å². The molecule has 62 heavy (non-hydrogen) atoms. The summed E-state index contributed by atoms with van der Waals surface area (Å²) in [5.41, 5.74) is 15.7. The highest BCUT2D eigenvalue weighted by atomic mass is 16.3. The Morgan fingerprint density at radius 2 is 0.984 bits per heavy atom. The molecule has 10 aromatic carbocycles. The number of para-hydroxylation sites is 2. The molecule has 3 heteroatoms. The van der Waals surface area contributed by atoms with E-state index in [1.54, 1.807) is 0 Å². The molecule has 0 unspecified atom stereocenters. The first kappa shape index (κ1) is 34.7. The topological polar surface area (TPSA) is 29.5 Å². The lowest BCUT2D eigenvalue weighted by atomic mass is 9.66. The van der Waals surface area contributed by atoms with Crippen molar-refractivity contribution in [2.24, 2.45) is 0 Å². The summed E-state index contributed by atoms with van der Waals surface area (Å²) in [6, 6.07) is 81.0. The van der Waals surface area contributed by atoms with E-state index in [4.69, 9.17) is 8.83 Å². The normalized spacial score (nSPS) is 13.0. The molecule has 3 nitrogen and oxygen atoms in total. The van der Waals surface area contributed by atoms with E-state index in [2.05, 4.69) is 223 Å². The van der Waals surface area contributed by atoms with Crippen molar-refractivity contribution >= 4 is 71.7 Å². The van der Waals surface area contributed by atoms with Gasteiger partial charge in [-0.25, -0.2) is 0 Å². The molecule has 0 fully saturated rings. The van der Waals surface area contributed by atoms with Crippen LogP contribution >= 0.6 is 0 Å². The Labute approximate surface area is 358 Å². The summed E-state index contributed by atoms with van der Waals surface area (Å²) in [7, 11) is 0. The molecule has 0 aliphatic heterocycles. The van der Waals surface area contributed by atoms with Crippen LogP contribution in [0.3, 0.4) is 0 Å². The molecule has 13 rings (SSSR count). The van der Waals surface area contributed by atoms with E-state index in [0.29, 0.717) is 0 Å². The van der Waals surface area contributed by atoms with Gasteiger partial charge < -0.3 is 13.7 Å². The molecular formula is C59H37NO2. The summed E-state index contributed by atoms with van der Waals surface area (Å²) in [5.74, 6) is 0. The average Bonchev–Trinajstić information content (AvgIpc) is 4.02. The van der Waals surface area contributed by atoms with Crippen molar-refractivity contribution in [3.8, 4) is 22.3 Å². The molecule has 0 saturated carbocycles. The number of hydrogen-bond acceptors (Lipinski definition) is 3. The van der Waals surface area contributed by atoms with Gasteiger partial charge in [-0.3, -0.25) is 0 Å². The predicted octanol–water partition coefficient (Wildman–Crippen LogP) is 16.1. The zero-order valence-electron chi connectivity index (χ0n) is 33.6. The summed E-state index contributed by atoms with van der Waals surface area (Å²) in [5, 5.41) is 6.54. The van der Waals surface area contributed by atoms with Gasteiger partial charge in [0.05, 0.1) is 22.2 Å². The monoisotopic (exact) mass is 791 g/mol. The van der Waals surface area contributed by atoms with E-state index < -0.39 is 5.41 Å². The maximum atomic E-state index is 7.07. The fourth-order valence-corrected chi connectivity index (χ4v) is 10.6. The van der Waals surface area contributed by atoms with E-state index in [9.17, 15) is 0 Å². The Morgan fingerprint density at radius 1 is 0.371 bits per heavy atom. The fraction of sp³-hybridized carbons (Fsp3) is 0.0169. The number of nitrogens with zero attached hydrogens (tertiary/aromatic N) is 1. The van der Waals surface area contributed by atoms with E-state index in [0.717, 1.165) is 77.3 Å². The van der Waals surface area contributed by atoms with Crippen LogP contribution in [0.4, 0.5) is 17.1 Å². The van der Waals surface area contributed by atoms with Crippen LogP contribution < -0.4 is 4.90 Å². The van der Waals surface area contributed by atoms with Crippen LogP contribution in [0, 0.1) is 0 Å². The van der Waals surface area contributed by atoms with Gasteiger partial charge in [-0.05, 0) is 92.4 Å². The van der Waals surface area contributed by atoms with Gasteiger partial charge in [0.25, 0.3) is 0 Å². The van der Waals surface area contributed by atoms with E-state index in [1.165, 1.54) is 38.9 Å². The Kier molecular flexibility index (Phi) is 7.52. The number of benzene rings is 10. The Bertz CT molecular complexity index is 3670. The first-order chi connectivity index (χ1) is 30.8. The van der Waals surface area contributed by atoms with Crippen LogP contribution in [0.5, 0.6) is 0 Å². The maximum absolute atomic E-state index is 7.07. The van der Waals surface area contributed by atoms with Crippen molar-refractivity contribution in [3.05, 3.63) is 247 Å². The van der Waals surface area contributed by atoms with Crippen LogP contribution in [0.25, 0.3) is 76.9 Å². The standard InChI is InChI=1S/C59H37NO2/c1-3-19-40(20-4-1)59(41-21-5-2-6-22-41)50-30-11-9-25-45(50)46-28-14-27-43(56(46)59)39-18-13-23-42(37-39)60(51-31-16-34-54-55(51)49-26-10-12-33-53(49)61-54)52-32-15-29-47-48-36-35-38-17-7-8-24-44(38)57(48)62-58(47)52/h1-37H. The lowest BCUT2D eigenvalue weighted by molar-refractivity contribution is 0.668. The third kappa shape index (κ3) is 4.88. The van der Waals surface area contributed by atoms with Crippen molar-refractivity contribution < 1.29 is 8.83 Å². The Hall–Kier alpha value is -8.14. The molecule has 2 aromatic heterocycles. The number of rotatable bonds is 6. The minimum Gasteiger partial charge on any atom is -0.456 e. The second-order valence-corrected chi connectivity index (χ2v) is 16.3. The lowest BCUT2D eigenvalue weighted by Gasteiger charge is -2.35. The van der Waals surface area contributed by atoms with Crippen molar-refractivity contribution in [2.75, 3.05) is 4.90 Å². The quantitative estimate of drug-likeness (QED) is 0.168. The number of fused-ring (bicyclic) bond motifs is 11. The number of furan rings is 2. The average molecular weight is 792 g/mol. The minimum atomic E-state index is -0.551. The second kappa shape index (κ2) is 13.4. The third-order valence-corrected chi connectivity index (χ3v) is 13.1. The van der Waals surface area contributed by atoms with Crippen molar-refractivity contribution in [3.63, 3.8) is 0 Å². The summed E-state index contributed by atoms with van der Waals surface area (Å²) < 4.78 is 13.6. The van der Waals surface area contributed by atoms with E-state index in [-0.39, 0.29) is 0 Å². The number of anilines is 3. The largest absolute Gasteiger partial charge is 0.456 e. The molecule has 0 atom stereocenters. The Balaban J connectivity index is 1.10. The highest BCUT2D eigenvalue weighted by molar-refractivity contribution is 6.19. The van der Waals surface area contributed by atoms with Gasteiger partial charge >= 0.3 is 0 Å². The highest BCUT2D eigenvalue weighted by Gasteiger charge is 2.47. The van der Waals surface area contributed by atoms with Crippen LogP contribution in [0.1, 0.15) is 22.3 Å². The molecule has 2 heterocycles. The summed E-state index contributed by atoms with van der Waals surface area (Å²) in [4.78, 5) is 2.38. The van der Waals surface area contributed by atoms with Crippen molar-refractivity contribution in [2.45, 2.75) is 5.41 Å². The number of hydrogen-bond donors (Lipinski definition) is 0. The molecular weight excluding hydrogens is 755 g/mol. The predicted molar refractivity (Wildman–Crippen MR) is 256 cm³/mol. The third-order valence-electron chi connectivity index (χ3n) is 13.1. The Morgan fingerprint density at radius 3 is 1.84 bits per heavy atom. The molecule has 0 amide bonds. The SMILES string of the molecule is c1ccc(C2(c3ccccc3)c3ccccc3-c3cccc(-c4cccc(N(c5cccc6c5oc5c7ccccc7ccc65)c5cccc6oc7ccccc7c56)c4)c32)cc1. The van der Waals surface area contributed by atoms with Gasteiger partial charge in [0.2, 0.25) is 0 Å². The van der Waals surface area contributed by atoms with Gasteiger partial charge in [0.15, 0.2) is 5.58 Å². The lowest BCUT2D eigenvalue weighted by Crippen LogP contribution is -2.29. The van der Waals surface area contributed by atoms with Crippen molar-refractivity contribution in [1.82, 2.24) is 0 Å². The van der Waals surface area contributed by atoms with E-state index >= 15 is 0 Å². The molecule has 12 aromatic rings. The summed E-state index contributed by atoms with van der Waals surface area (Å²) in [6.07, 6.45) is 0. The molecule has 290 valence electrons. The first-order valence-corrected chi connectivity index (χ1v) is 21.3. The van der Waals surface area contributed by atoms with Gasteiger partial charge in [-0.1, -0.05) is 182 Å².